The first kappa shape index (κ1) is 85.8. The Bertz CT molecular complexity index is 1430. The Kier molecular flexibility index (Phi) is 72.7. The first-order chi connectivity index (χ1) is 42.8. The van der Waals surface area contributed by atoms with E-state index in [4.69, 9.17) is 24.3 Å². The maximum absolute atomic E-state index is 12.8. The molecular formula is C77H152NO8P. The molecule has 0 radical (unpaired) electrons. The summed E-state index contributed by atoms with van der Waals surface area (Å²) in [4.78, 5) is 35.4. The third kappa shape index (κ3) is 73.7. The SMILES string of the molecule is CCCCCCCCCC/C=C\CCCCCCCCCCCCCCCCCCCCCCCCCCCCCC(=O)OC(COC(=O)CCCCCCCCCCCCCCCCCCCCCCCCCCCCC)COP(=O)(O)OCCN. The van der Waals surface area contributed by atoms with Crippen LogP contribution in [0.15, 0.2) is 12.2 Å². The van der Waals surface area contributed by atoms with Crippen molar-refractivity contribution in [3.05, 3.63) is 12.2 Å². The highest BCUT2D eigenvalue weighted by Gasteiger charge is 2.26. The summed E-state index contributed by atoms with van der Waals surface area (Å²) in [5.41, 5.74) is 5.41. The number of phosphoric acid groups is 1. The Morgan fingerprint density at radius 2 is 0.563 bits per heavy atom. The Balaban J connectivity index is 3.73. The van der Waals surface area contributed by atoms with E-state index < -0.39 is 26.5 Å². The van der Waals surface area contributed by atoms with Gasteiger partial charge in [-0.15, -0.1) is 0 Å². The van der Waals surface area contributed by atoms with Crippen molar-refractivity contribution in [3.8, 4) is 0 Å². The van der Waals surface area contributed by atoms with Crippen molar-refractivity contribution in [1.82, 2.24) is 0 Å². The molecule has 0 aliphatic heterocycles. The predicted octanol–water partition coefficient (Wildman–Crippen LogP) is 25.9. The van der Waals surface area contributed by atoms with E-state index in [0.29, 0.717) is 6.42 Å². The lowest BCUT2D eigenvalue weighted by Gasteiger charge is -2.19. The largest absolute Gasteiger partial charge is 0.472 e. The lowest BCUT2D eigenvalue weighted by Crippen LogP contribution is -2.29. The third-order valence-corrected chi connectivity index (χ3v) is 19.1. The van der Waals surface area contributed by atoms with Crippen molar-refractivity contribution in [1.29, 1.82) is 0 Å². The molecular weight excluding hydrogens is 1100 g/mol. The quantitative estimate of drug-likeness (QED) is 0.0264. The van der Waals surface area contributed by atoms with Gasteiger partial charge in [-0.3, -0.25) is 18.6 Å². The molecule has 9 nitrogen and oxygen atoms in total. The molecule has 2 atom stereocenters. The van der Waals surface area contributed by atoms with Gasteiger partial charge in [0.1, 0.15) is 6.61 Å². The summed E-state index contributed by atoms with van der Waals surface area (Å²) >= 11 is 0. The average Bonchev–Trinajstić information content (AvgIpc) is 3.64. The van der Waals surface area contributed by atoms with Crippen molar-refractivity contribution < 1.29 is 37.6 Å². The first-order valence-corrected chi connectivity index (χ1v) is 40.7. The van der Waals surface area contributed by atoms with Crippen LogP contribution in [-0.2, 0) is 32.7 Å². The number of rotatable bonds is 76. The second kappa shape index (κ2) is 73.8. The molecule has 0 saturated heterocycles. The molecule has 0 rings (SSSR count). The van der Waals surface area contributed by atoms with Gasteiger partial charge in [0.05, 0.1) is 13.2 Å². The highest BCUT2D eigenvalue weighted by Crippen LogP contribution is 2.43. The Morgan fingerprint density at radius 1 is 0.333 bits per heavy atom. The summed E-state index contributed by atoms with van der Waals surface area (Å²) < 4.78 is 33.3. The molecule has 0 bridgehead atoms. The van der Waals surface area contributed by atoms with Gasteiger partial charge < -0.3 is 20.1 Å². The molecule has 0 spiro atoms. The fraction of sp³-hybridized carbons (Fsp3) is 0.948. The van der Waals surface area contributed by atoms with Gasteiger partial charge in [0, 0.05) is 19.4 Å². The van der Waals surface area contributed by atoms with Crippen molar-refractivity contribution in [2.24, 2.45) is 5.73 Å². The predicted molar refractivity (Wildman–Crippen MR) is 377 cm³/mol. The molecule has 0 aliphatic rings. The minimum absolute atomic E-state index is 0.0583. The topological polar surface area (TPSA) is 134 Å². The molecule has 518 valence electrons. The van der Waals surface area contributed by atoms with Crippen LogP contribution < -0.4 is 5.73 Å². The van der Waals surface area contributed by atoms with Gasteiger partial charge in [0.2, 0.25) is 0 Å². The van der Waals surface area contributed by atoms with Gasteiger partial charge in [-0.1, -0.05) is 398 Å². The molecule has 0 aromatic heterocycles. The van der Waals surface area contributed by atoms with Crippen molar-refractivity contribution >= 4 is 19.8 Å². The lowest BCUT2D eigenvalue weighted by atomic mass is 10.0. The number of esters is 2. The Labute approximate surface area is 542 Å². The van der Waals surface area contributed by atoms with Crippen molar-refractivity contribution in [2.45, 2.75) is 444 Å². The van der Waals surface area contributed by atoms with Crippen LogP contribution in [0.25, 0.3) is 0 Å². The monoisotopic (exact) mass is 1250 g/mol. The van der Waals surface area contributed by atoms with E-state index in [2.05, 4.69) is 26.0 Å². The van der Waals surface area contributed by atoms with E-state index in [1.807, 2.05) is 0 Å². The Hall–Kier alpha value is -1.25. The number of carbonyl (C=O) groups excluding carboxylic acids is 2. The zero-order chi connectivity index (χ0) is 63.0. The minimum atomic E-state index is -4.39. The molecule has 10 heteroatoms. The fourth-order valence-electron chi connectivity index (χ4n) is 12.3. The number of ether oxygens (including phenoxy) is 2. The van der Waals surface area contributed by atoms with E-state index in [-0.39, 0.29) is 38.6 Å². The van der Waals surface area contributed by atoms with Crippen LogP contribution in [0.2, 0.25) is 0 Å². The average molecular weight is 1250 g/mol. The highest BCUT2D eigenvalue weighted by atomic mass is 31.2. The maximum atomic E-state index is 12.8. The van der Waals surface area contributed by atoms with E-state index in [1.54, 1.807) is 0 Å². The normalized spacial score (nSPS) is 12.8. The lowest BCUT2D eigenvalue weighted by molar-refractivity contribution is -0.161. The van der Waals surface area contributed by atoms with E-state index in [9.17, 15) is 19.0 Å². The number of hydrogen-bond acceptors (Lipinski definition) is 8. The third-order valence-electron chi connectivity index (χ3n) is 18.2. The van der Waals surface area contributed by atoms with E-state index in [0.717, 1.165) is 32.1 Å². The standard InChI is InChI=1S/C77H152NO8P/c1-3-5-7-9-11-13-15-17-19-21-23-25-27-29-31-32-33-34-35-36-37-38-39-40-41-42-44-46-48-50-52-54-56-58-60-62-64-66-68-70-77(80)86-75(74-85-87(81,82)84-72-71-78)73-83-76(79)69-67-65-63-61-59-57-55-53-51-49-47-45-43-30-28-26-24-22-20-18-16-14-12-10-8-6-4-2/h21,23,75H,3-20,22,24-74,78H2,1-2H3,(H,81,82)/b23-21-. The smallest absolute Gasteiger partial charge is 0.462 e. The molecule has 0 aromatic rings. The summed E-state index contributed by atoms with van der Waals surface area (Å²) in [5.74, 6) is -0.797. The summed E-state index contributed by atoms with van der Waals surface area (Å²) in [6.07, 6.45) is 90.7. The molecule has 87 heavy (non-hydrogen) atoms. The molecule has 0 aromatic carbocycles. The van der Waals surface area contributed by atoms with Crippen molar-refractivity contribution in [2.75, 3.05) is 26.4 Å². The highest BCUT2D eigenvalue weighted by molar-refractivity contribution is 7.47. The number of allylic oxidation sites excluding steroid dienone is 2. The second-order valence-electron chi connectivity index (χ2n) is 26.9. The van der Waals surface area contributed by atoms with Gasteiger partial charge >= 0.3 is 19.8 Å². The van der Waals surface area contributed by atoms with Gasteiger partial charge in [-0.25, -0.2) is 4.57 Å². The van der Waals surface area contributed by atoms with Crippen LogP contribution in [0.1, 0.15) is 438 Å². The summed E-state index contributed by atoms with van der Waals surface area (Å²) in [6.45, 7) is 3.85. The van der Waals surface area contributed by atoms with Crippen molar-refractivity contribution in [3.63, 3.8) is 0 Å². The minimum Gasteiger partial charge on any atom is -0.462 e. The van der Waals surface area contributed by atoms with Crippen LogP contribution in [-0.4, -0.2) is 49.3 Å². The summed E-state index contributed by atoms with van der Waals surface area (Å²) in [7, 11) is -4.39. The van der Waals surface area contributed by atoms with Crippen LogP contribution in [0, 0.1) is 0 Å². The van der Waals surface area contributed by atoms with E-state index in [1.165, 1.54) is 372 Å². The number of hydrogen-bond donors (Lipinski definition) is 2. The summed E-state index contributed by atoms with van der Waals surface area (Å²) in [5, 5.41) is 0. The molecule has 3 N–H and O–H groups in total. The molecule has 0 aliphatic carbocycles. The molecule has 0 fully saturated rings. The molecule has 2 unspecified atom stereocenters. The Morgan fingerprint density at radius 3 is 0.816 bits per heavy atom. The van der Waals surface area contributed by atoms with Gasteiger partial charge in [-0.2, -0.15) is 0 Å². The zero-order valence-electron chi connectivity index (χ0n) is 58.6. The fourth-order valence-corrected chi connectivity index (χ4v) is 13.1. The first-order valence-electron chi connectivity index (χ1n) is 39.2. The number of phosphoric ester groups is 1. The van der Waals surface area contributed by atoms with Crippen LogP contribution in [0.4, 0.5) is 0 Å². The van der Waals surface area contributed by atoms with Crippen LogP contribution in [0.5, 0.6) is 0 Å². The van der Waals surface area contributed by atoms with Gasteiger partial charge in [0.25, 0.3) is 0 Å². The zero-order valence-corrected chi connectivity index (χ0v) is 59.5. The second-order valence-corrected chi connectivity index (χ2v) is 28.4. The molecule has 0 heterocycles. The van der Waals surface area contributed by atoms with Gasteiger partial charge in [0.15, 0.2) is 6.10 Å². The number of unbranched alkanes of at least 4 members (excludes halogenated alkanes) is 61. The van der Waals surface area contributed by atoms with E-state index >= 15 is 0 Å². The maximum Gasteiger partial charge on any atom is 0.472 e. The number of nitrogens with two attached hydrogens (primary N) is 1. The molecule has 0 amide bonds. The van der Waals surface area contributed by atoms with Gasteiger partial charge in [-0.05, 0) is 38.5 Å². The van der Waals surface area contributed by atoms with Crippen LogP contribution in [0.3, 0.4) is 0 Å². The molecule has 0 saturated carbocycles. The summed E-state index contributed by atoms with van der Waals surface area (Å²) in [6, 6.07) is 0. The van der Waals surface area contributed by atoms with Crippen LogP contribution >= 0.6 is 7.82 Å². The number of carbonyl (C=O) groups is 2.